The summed E-state index contributed by atoms with van der Waals surface area (Å²) in [4.78, 5) is 93.0. The van der Waals surface area contributed by atoms with Gasteiger partial charge in [-0.15, -0.1) is 0 Å². The number of halogens is 1. The number of carbonyl (C=O) groups is 6. The summed E-state index contributed by atoms with van der Waals surface area (Å²) in [5, 5.41) is 8.69. The van der Waals surface area contributed by atoms with Crippen molar-refractivity contribution in [3.8, 4) is 16.9 Å². The van der Waals surface area contributed by atoms with Crippen LogP contribution in [-0.2, 0) is 25.5 Å². The molecule has 0 bridgehead atoms. The fraction of sp³-hybridized carbons (Fsp3) is 0.368. The van der Waals surface area contributed by atoms with Gasteiger partial charge < -0.3 is 50.4 Å². The molecule has 1 aromatic heterocycles. The van der Waals surface area contributed by atoms with Gasteiger partial charge in [-0.2, -0.15) is 0 Å². The lowest BCUT2D eigenvalue weighted by atomic mass is 9.91. The smallest absolute Gasteiger partial charge is 0.415 e. The quantitative estimate of drug-likeness (QED) is 0.0447. The number of aromatic nitrogens is 1. The monoisotopic (exact) mass is 1060 g/mol. The number of ether oxygens (including phenoxy) is 2. The second-order valence-electron chi connectivity index (χ2n) is 20.2. The van der Waals surface area contributed by atoms with E-state index in [1.807, 2.05) is 93.7 Å². The number of amides is 6. The summed E-state index contributed by atoms with van der Waals surface area (Å²) in [6, 6.07) is 29.7. The Morgan fingerprint density at radius 1 is 0.811 bits per heavy atom. The molecule has 0 saturated carbocycles. The van der Waals surface area contributed by atoms with Crippen LogP contribution in [0.1, 0.15) is 77.7 Å². The van der Waals surface area contributed by atoms with Crippen LogP contribution in [0.15, 0.2) is 97.1 Å². The zero-order chi connectivity index (χ0) is 51.8. The van der Waals surface area contributed by atoms with Gasteiger partial charge in [0.1, 0.15) is 24.1 Å². The number of alkyl halides is 1. The van der Waals surface area contributed by atoms with E-state index in [0.717, 1.165) is 68.1 Å². The minimum absolute atomic E-state index is 0.0295. The highest BCUT2D eigenvalue weighted by atomic mass is 79.9. The Hall–Kier alpha value is -7.24. The number of likely N-dealkylation sites (N-methyl/N-ethyl adjacent to an activating group) is 1. The van der Waals surface area contributed by atoms with Crippen LogP contribution in [0.5, 0.6) is 5.75 Å². The summed E-state index contributed by atoms with van der Waals surface area (Å²) in [5.74, 6) is -2.36. The molecule has 1 saturated heterocycles. The van der Waals surface area contributed by atoms with Crippen LogP contribution in [0.2, 0.25) is 0 Å². The van der Waals surface area contributed by atoms with E-state index in [9.17, 15) is 28.8 Å². The van der Waals surface area contributed by atoms with Crippen molar-refractivity contribution in [2.75, 3.05) is 74.6 Å². The Labute approximate surface area is 438 Å². The maximum atomic E-state index is 14.8. The number of fused-ring (bicyclic) bond motifs is 9. The van der Waals surface area contributed by atoms with Crippen LogP contribution in [0.4, 0.5) is 21.0 Å². The number of nitrogens with one attached hydrogen (secondary N) is 3. The number of hydrogen-bond acceptors (Lipinski definition) is 9. The fourth-order valence-corrected chi connectivity index (χ4v) is 11.8. The topological polar surface area (TPSA) is 200 Å². The van der Waals surface area contributed by atoms with Crippen LogP contribution < -0.4 is 30.9 Å². The molecule has 5 aromatic carbocycles. The Morgan fingerprint density at radius 2 is 1.50 bits per heavy atom. The summed E-state index contributed by atoms with van der Waals surface area (Å²) >= 11 is 3.72. The normalized spacial score (nSPS) is 16.9. The Bertz CT molecular complexity index is 3140. The third-order valence-corrected chi connectivity index (χ3v) is 16.0. The molecule has 3 aliphatic heterocycles. The molecule has 4 aliphatic rings. The summed E-state index contributed by atoms with van der Waals surface area (Å²) in [6.07, 6.45) is 0.428. The minimum atomic E-state index is -0.995. The number of piperazine rings is 1. The summed E-state index contributed by atoms with van der Waals surface area (Å²) in [7, 11) is 2.03. The molecule has 6 amide bonds. The number of carbonyl (C=O) groups excluding carboxylic acids is 6. The molecule has 384 valence electrons. The number of nitrogens with zero attached hydrogens (tertiary/aromatic N) is 4. The van der Waals surface area contributed by atoms with Gasteiger partial charge in [-0.1, -0.05) is 103 Å². The molecule has 0 unspecified atom stereocenters. The molecular weight excluding hydrogens is 1000 g/mol. The van der Waals surface area contributed by atoms with E-state index in [0.29, 0.717) is 67.2 Å². The Morgan fingerprint density at radius 3 is 2.19 bits per heavy atom. The molecule has 1 fully saturated rings. The fourth-order valence-electron chi connectivity index (χ4n) is 11.3. The van der Waals surface area contributed by atoms with Gasteiger partial charge in [0, 0.05) is 91.0 Å². The number of anilines is 2. The standard InChI is InChI=1S/C57H61BrN8O8/c1-33(2)42(28-51(67)73-32-44-37-13-6-4-11-35(37)36-12-5-7-14-38(36)44)53(68)62-46(17-10-21-60-56(59)71)54(69)65-22-20-39-43-27-47(61-45(43)18-19-48(39)65)55(70)66-31-34(30-58)52-41-16-9-8-15-40(41)50(29-49(52)66)74-57(72)64-25-23-63(3)24-26-64/h4-9,11-16,18-19,27,29,33-34,42,44,46,61H,10,17,20-26,28,30-32H2,1-3H3,(H,62,68)(H3,59,60,71)/t34-,42+,46+/m1/s1. The lowest BCUT2D eigenvalue weighted by Gasteiger charge is -2.31. The maximum Gasteiger partial charge on any atom is 0.415 e. The first kappa shape index (κ1) is 50.3. The number of esters is 1. The molecule has 1 aliphatic carbocycles. The molecular formula is C57H61BrN8O8. The first-order valence-corrected chi connectivity index (χ1v) is 26.6. The largest absolute Gasteiger partial charge is 0.465 e. The number of urea groups is 1. The van der Waals surface area contributed by atoms with Crippen molar-refractivity contribution in [2.45, 2.75) is 57.4 Å². The number of hydrogen-bond donors (Lipinski definition) is 4. The number of H-pyrrole nitrogens is 1. The van der Waals surface area contributed by atoms with Gasteiger partial charge in [-0.05, 0) is 89.2 Å². The predicted octanol–water partition coefficient (Wildman–Crippen LogP) is 8.05. The summed E-state index contributed by atoms with van der Waals surface area (Å²) < 4.78 is 12.0. The van der Waals surface area contributed by atoms with Crippen molar-refractivity contribution in [3.63, 3.8) is 0 Å². The molecule has 17 heteroatoms. The van der Waals surface area contributed by atoms with Gasteiger partial charge in [0.25, 0.3) is 5.91 Å². The van der Waals surface area contributed by atoms with Gasteiger partial charge in [0.15, 0.2) is 0 Å². The molecule has 6 aromatic rings. The third kappa shape index (κ3) is 9.82. The van der Waals surface area contributed by atoms with Crippen LogP contribution in [0, 0.1) is 11.8 Å². The molecule has 74 heavy (non-hydrogen) atoms. The van der Waals surface area contributed by atoms with E-state index in [4.69, 9.17) is 15.2 Å². The van der Waals surface area contributed by atoms with E-state index in [-0.39, 0.29) is 55.6 Å². The number of nitrogens with two attached hydrogens (primary N) is 1. The number of aromatic amines is 1. The summed E-state index contributed by atoms with van der Waals surface area (Å²) in [5.41, 5.74) is 14.1. The van der Waals surface area contributed by atoms with E-state index < -0.39 is 36.0 Å². The van der Waals surface area contributed by atoms with E-state index in [2.05, 4.69) is 60.7 Å². The highest BCUT2D eigenvalue weighted by Gasteiger charge is 2.39. The highest BCUT2D eigenvalue weighted by molar-refractivity contribution is 9.09. The number of rotatable bonds is 15. The second-order valence-corrected chi connectivity index (χ2v) is 20.8. The SMILES string of the molecule is CC(C)[C@H](CC(=O)OCC1c2ccccc2-c2ccccc21)C(=O)N[C@@H](CCCNC(N)=O)C(=O)N1CCc2c1ccc1[nH]c(C(=O)N3C[C@@H](CBr)c4c3cc(OC(=O)N3CCN(C)CC3)c3ccccc43)cc21. The highest BCUT2D eigenvalue weighted by Crippen LogP contribution is 2.47. The zero-order valence-corrected chi connectivity index (χ0v) is 43.4. The number of primary amides is 1. The predicted molar refractivity (Wildman–Crippen MR) is 288 cm³/mol. The maximum absolute atomic E-state index is 14.8. The van der Waals surface area contributed by atoms with Crippen molar-refractivity contribution in [1.82, 2.24) is 25.4 Å². The third-order valence-electron chi connectivity index (χ3n) is 15.3. The van der Waals surface area contributed by atoms with Crippen LogP contribution in [0.3, 0.4) is 0 Å². The van der Waals surface area contributed by atoms with E-state index in [1.165, 1.54) is 0 Å². The Balaban J connectivity index is 0.861. The first-order valence-electron chi connectivity index (χ1n) is 25.5. The lowest BCUT2D eigenvalue weighted by molar-refractivity contribution is -0.148. The molecule has 10 rings (SSSR count). The Kier molecular flexibility index (Phi) is 14.5. The molecule has 0 radical (unpaired) electrons. The van der Waals surface area contributed by atoms with Gasteiger partial charge in [-0.25, -0.2) is 9.59 Å². The summed E-state index contributed by atoms with van der Waals surface area (Å²) in [6.45, 7) is 7.40. The van der Waals surface area contributed by atoms with Crippen LogP contribution >= 0.6 is 15.9 Å². The van der Waals surface area contributed by atoms with E-state index >= 15 is 0 Å². The zero-order valence-electron chi connectivity index (χ0n) is 41.8. The van der Waals surface area contributed by atoms with Crippen molar-refractivity contribution in [3.05, 3.63) is 125 Å². The molecule has 16 nitrogen and oxygen atoms in total. The average molecular weight is 1070 g/mol. The molecule has 0 spiro atoms. The lowest BCUT2D eigenvalue weighted by Crippen LogP contribution is -2.51. The van der Waals surface area contributed by atoms with Gasteiger partial charge >= 0.3 is 18.1 Å². The van der Waals surface area contributed by atoms with Crippen LogP contribution in [0.25, 0.3) is 32.8 Å². The van der Waals surface area contributed by atoms with Gasteiger partial charge in [0.2, 0.25) is 11.8 Å². The van der Waals surface area contributed by atoms with Gasteiger partial charge in [0.05, 0.1) is 18.0 Å². The second kappa shape index (κ2) is 21.3. The molecule has 4 heterocycles. The first-order chi connectivity index (χ1) is 35.8. The van der Waals surface area contributed by atoms with Gasteiger partial charge in [-0.3, -0.25) is 19.2 Å². The molecule has 3 atom stereocenters. The van der Waals surface area contributed by atoms with Crippen molar-refractivity contribution >= 4 is 84.8 Å². The number of benzene rings is 5. The average Bonchev–Trinajstić information content (AvgIpc) is 4.20. The van der Waals surface area contributed by atoms with Crippen molar-refractivity contribution in [1.29, 1.82) is 0 Å². The van der Waals surface area contributed by atoms with Crippen LogP contribution in [-0.4, -0.2) is 121 Å². The van der Waals surface area contributed by atoms with Crippen molar-refractivity contribution in [2.24, 2.45) is 17.6 Å². The minimum Gasteiger partial charge on any atom is -0.465 e. The van der Waals surface area contributed by atoms with E-state index in [1.54, 1.807) is 14.7 Å². The molecule has 5 N–H and O–H groups in total. The van der Waals surface area contributed by atoms with Crippen molar-refractivity contribution < 1.29 is 38.2 Å².